The lowest BCUT2D eigenvalue weighted by Crippen LogP contribution is -2.85. The summed E-state index contributed by atoms with van der Waals surface area (Å²) in [6.07, 6.45) is 2.23. The van der Waals surface area contributed by atoms with Crippen LogP contribution in [0.2, 0.25) is 0 Å². The fourth-order valence-corrected chi connectivity index (χ4v) is 1.75. The van der Waals surface area contributed by atoms with Crippen molar-refractivity contribution in [2.75, 3.05) is 40.0 Å². The van der Waals surface area contributed by atoms with Gasteiger partial charge in [-0.05, 0) is 31.9 Å². The lowest BCUT2D eigenvalue weighted by molar-refractivity contribution is -0.656. The molecule has 1 aromatic rings. The van der Waals surface area contributed by atoms with Crippen molar-refractivity contribution in [1.29, 1.82) is 0 Å². The van der Waals surface area contributed by atoms with Gasteiger partial charge in [0, 0.05) is 13.2 Å². The molecule has 0 saturated carbocycles. The molecule has 4 heteroatoms. The van der Waals surface area contributed by atoms with Gasteiger partial charge in [0.2, 0.25) is 0 Å². The predicted octanol–water partition coefficient (Wildman–Crippen LogP) is 1.45. The lowest BCUT2D eigenvalue weighted by Gasteiger charge is -2.08. The van der Waals surface area contributed by atoms with Crippen LogP contribution < -0.4 is 14.8 Å². The van der Waals surface area contributed by atoms with Gasteiger partial charge < -0.3 is 19.5 Å². The summed E-state index contributed by atoms with van der Waals surface area (Å²) in [4.78, 5) is 0. The van der Waals surface area contributed by atoms with Crippen LogP contribution >= 0.6 is 0 Å². The smallest absolute Gasteiger partial charge is 0.122 e. The van der Waals surface area contributed by atoms with E-state index in [9.17, 15) is 0 Å². The molecular formula is C15H26NO3+. The number of rotatable bonds is 11. The zero-order valence-corrected chi connectivity index (χ0v) is 12.1. The largest absolute Gasteiger partial charge is 0.494 e. The molecule has 108 valence electrons. The number of hydrogen-bond acceptors (Lipinski definition) is 3. The second kappa shape index (κ2) is 10.6. The van der Waals surface area contributed by atoms with E-state index in [0.717, 1.165) is 50.6 Å². The van der Waals surface area contributed by atoms with Crippen molar-refractivity contribution in [2.45, 2.75) is 19.8 Å². The minimum absolute atomic E-state index is 0.681. The highest BCUT2D eigenvalue weighted by molar-refractivity contribution is 5.32. The summed E-state index contributed by atoms with van der Waals surface area (Å²) in [7, 11) is 1.73. The van der Waals surface area contributed by atoms with E-state index in [1.54, 1.807) is 7.11 Å². The molecule has 1 rings (SSSR count). The molecule has 0 bridgehead atoms. The average Bonchev–Trinajstić information content (AvgIpc) is 2.43. The summed E-state index contributed by atoms with van der Waals surface area (Å²) in [5.74, 6) is 1.75. The Bertz CT molecular complexity index is 331. The topological polar surface area (TPSA) is 44.3 Å². The SMILES string of the molecule is CCOc1cccc(OCCCC[NH2+]CCOC)c1. The number of hydrogen-bond donors (Lipinski definition) is 1. The van der Waals surface area contributed by atoms with Crippen LogP contribution in [0.4, 0.5) is 0 Å². The molecule has 2 N–H and O–H groups in total. The number of ether oxygens (including phenoxy) is 3. The van der Waals surface area contributed by atoms with Crippen molar-refractivity contribution in [3.05, 3.63) is 24.3 Å². The van der Waals surface area contributed by atoms with Gasteiger partial charge in [-0.1, -0.05) is 6.07 Å². The molecule has 1 aromatic carbocycles. The van der Waals surface area contributed by atoms with Crippen molar-refractivity contribution in [2.24, 2.45) is 0 Å². The van der Waals surface area contributed by atoms with Gasteiger partial charge in [0.05, 0.1) is 32.9 Å². The van der Waals surface area contributed by atoms with Crippen LogP contribution in [-0.4, -0.2) is 40.0 Å². The van der Waals surface area contributed by atoms with E-state index in [2.05, 4.69) is 5.32 Å². The summed E-state index contributed by atoms with van der Waals surface area (Å²) in [6, 6.07) is 7.81. The van der Waals surface area contributed by atoms with Crippen LogP contribution in [0.5, 0.6) is 11.5 Å². The third kappa shape index (κ3) is 7.70. The van der Waals surface area contributed by atoms with Gasteiger partial charge >= 0.3 is 0 Å². The molecule has 0 aliphatic heterocycles. The van der Waals surface area contributed by atoms with Crippen LogP contribution in [0.3, 0.4) is 0 Å². The fourth-order valence-electron chi connectivity index (χ4n) is 1.75. The zero-order chi connectivity index (χ0) is 13.8. The Hall–Kier alpha value is -1.26. The summed E-state index contributed by atoms with van der Waals surface area (Å²) < 4.78 is 16.1. The number of quaternary nitrogens is 1. The van der Waals surface area contributed by atoms with Gasteiger partial charge in [0.25, 0.3) is 0 Å². The average molecular weight is 268 g/mol. The number of benzene rings is 1. The minimum Gasteiger partial charge on any atom is -0.494 e. The van der Waals surface area contributed by atoms with Crippen LogP contribution in [0, 0.1) is 0 Å². The van der Waals surface area contributed by atoms with Gasteiger partial charge in [-0.25, -0.2) is 0 Å². The van der Waals surface area contributed by atoms with Crippen molar-refractivity contribution in [3.63, 3.8) is 0 Å². The quantitative estimate of drug-likeness (QED) is 0.618. The highest BCUT2D eigenvalue weighted by Gasteiger charge is 1.98. The van der Waals surface area contributed by atoms with Crippen molar-refractivity contribution in [1.82, 2.24) is 0 Å². The lowest BCUT2D eigenvalue weighted by atomic mass is 10.3. The summed E-state index contributed by atoms with van der Waals surface area (Å²) in [5.41, 5.74) is 0. The van der Waals surface area contributed by atoms with E-state index in [-0.39, 0.29) is 0 Å². The summed E-state index contributed by atoms with van der Waals surface area (Å²) in [6.45, 7) is 6.41. The number of nitrogens with two attached hydrogens (primary N) is 1. The van der Waals surface area contributed by atoms with Gasteiger partial charge in [-0.15, -0.1) is 0 Å². The van der Waals surface area contributed by atoms with Gasteiger partial charge in [-0.2, -0.15) is 0 Å². The Morgan fingerprint density at radius 2 is 1.79 bits per heavy atom. The Balaban J connectivity index is 2.07. The first-order chi connectivity index (χ1) is 9.36. The molecule has 4 nitrogen and oxygen atoms in total. The minimum atomic E-state index is 0.681. The van der Waals surface area contributed by atoms with Crippen molar-refractivity contribution >= 4 is 0 Å². The third-order valence-corrected chi connectivity index (χ3v) is 2.71. The molecule has 0 fully saturated rings. The highest BCUT2D eigenvalue weighted by Crippen LogP contribution is 2.19. The molecule has 0 spiro atoms. The van der Waals surface area contributed by atoms with E-state index < -0.39 is 0 Å². The first-order valence-electron chi connectivity index (χ1n) is 7.03. The Kier molecular flexibility index (Phi) is 8.85. The maximum Gasteiger partial charge on any atom is 0.122 e. The van der Waals surface area contributed by atoms with Crippen LogP contribution in [0.25, 0.3) is 0 Å². The van der Waals surface area contributed by atoms with E-state index in [4.69, 9.17) is 14.2 Å². The van der Waals surface area contributed by atoms with Crippen molar-refractivity contribution in [3.8, 4) is 11.5 Å². The number of methoxy groups -OCH3 is 1. The Morgan fingerprint density at radius 3 is 2.53 bits per heavy atom. The zero-order valence-electron chi connectivity index (χ0n) is 12.1. The third-order valence-electron chi connectivity index (χ3n) is 2.71. The number of unbranched alkanes of at least 4 members (excludes halogenated alkanes) is 1. The predicted molar refractivity (Wildman–Crippen MR) is 75.9 cm³/mol. The van der Waals surface area contributed by atoms with Gasteiger partial charge in [0.1, 0.15) is 11.5 Å². The molecule has 0 aliphatic carbocycles. The Morgan fingerprint density at radius 1 is 1.00 bits per heavy atom. The second-order valence-electron chi connectivity index (χ2n) is 4.32. The molecule has 0 aliphatic rings. The second-order valence-corrected chi connectivity index (χ2v) is 4.32. The maximum absolute atomic E-state index is 5.70. The highest BCUT2D eigenvalue weighted by atomic mass is 16.5. The van der Waals surface area contributed by atoms with E-state index >= 15 is 0 Å². The molecular weight excluding hydrogens is 242 g/mol. The molecule has 19 heavy (non-hydrogen) atoms. The molecule has 0 radical (unpaired) electrons. The van der Waals surface area contributed by atoms with Crippen LogP contribution in [-0.2, 0) is 4.74 Å². The fraction of sp³-hybridized carbons (Fsp3) is 0.600. The summed E-state index contributed by atoms with van der Waals surface area (Å²) in [5, 5.41) is 2.28. The summed E-state index contributed by atoms with van der Waals surface area (Å²) >= 11 is 0. The molecule has 0 amide bonds. The standard InChI is InChI=1S/C15H25NO3/c1-3-18-14-7-6-8-15(13-14)19-11-5-4-9-16-10-12-17-2/h6-8,13,16H,3-5,9-12H2,1-2H3/p+1. The molecule has 0 unspecified atom stereocenters. The van der Waals surface area contributed by atoms with E-state index in [1.165, 1.54) is 0 Å². The molecule has 0 atom stereocenters. The van der Waals surface area contributed by atoms with Gasteiger partial charge in [-0.3, -0.25) is 0 Å². The van der Waals surface area contributed by atoms with E-state index in [0.29, 0.717) is 6.61 Å². The Labute approximate surface area is 116 Å². The normalized spacial score (nSPS) is 10.4. The maximum atomic E-state index is 5.70. The van der Waals surface area contributed by atoms with Crippen LogP contribution in [0.1, 0.15) is 19.8 Å². The van der Waals surface area contributed by atoms with Gasteiger partial charge in [0.15, 0.2) is 0 Å². The van der Waals surface area contributed by atoms with E-state index in [1.807, 2.05) is 31.2 Å². The molecule has 0 saturated heterocycles. The molecule has 0 heterocycles. The van der Waals surface area contributed by atoms with Crippen LogP contribution in [0.15, 0.2) is 24.3 Å². The molecule has 0 aromatic heterocycles. The first kappa shape index (κ1) is 15.8. The monoisotopic (exact) mass is 268 g/mol. The van der Waals surface area contributed by atoms with Crippen molar-refractivity contribution < 1.29 is 19.5 Å². The first-order valence-corrected chi connectivity index (χ1v) is 7.03.